The van der Waals surface area contributed by atoms with E-state index in [1.165, 1.54) is 0 Å². The molecule has 104 valence electrons. The number of halogens is 7. The Balaban J connectivity index is 0. The van der Waals surface area contributed by atoms with Crippen LogP contribution in [0.3, 0.4) is 0 Å². The van der Waals surface area contributed by atoms with E-state index in [1.54, 1.807) is 0 Å². The summed E-state index contributed by atoms with van der Waals surface area (Å²) in [6.07, 6.45) is -8.64. The van der Waals surface area contributed by atoms with E-state index < -0.39 is 42.4 Å². The highest BCUT2D eigenvalue weighted by atomic mass is 24.3. The Kier molecular flexibility index (Phi) is 6.84. The second-order valence-electron chi connectivity index (χ2n) is 3.14. The minimum absolute atomic E-state index is 0. The maximum Gasteiger partial charge on any atom is 0.460 e. The highest BCUT2D eigenvalue weighted by Crippen LogP contribution is 2.47. The lowest BCUT2D eigenvalue weighted by molar-refractivity contribution is -0.343. The molecule has 0 bridgehead atoms. The first-order valence-electron chi connectivity index (χ1n) is 4.25. The number of ketones is 2. The van der Waals surface area contributed by atoms with Crippen LogP contribution in [0.25, 0.3) is 0 Å². The molecular formula is C8H9F7MgO2. The van der Waals surface area contributed by atoms with Crippen LogP contribution >= 0.6 is 0 Å². The summed E-state index contributed by atoms with van der Waals surface area (Å²) in [6.45, 7) is 1.15. The number of Topliss-reactive ketones (excluding diaryl/α,β-unsaturated/α-hetero) is 2. The first-order chi connectivity index (χ1) is 7.38. The predicted octanol–water partition coefficient (Wildman–Crippen LogP) is 1.84. The molecule has 0 saturated heterocycles. The molecule has 0 aliphatic heterocycles. The molecule has 0 spiro atoms. The fourth-order valence-electron chi connectivity index (χ4n) is 0.768. The van der Waals surface area contributed by atoms with Crippen molar-refractivity contribution in [2.45, 2.75) is 37.8 Å². The molecule has 0 aromatic carbocycles. The molecule has 0 N–H and O–H groups in total. The van der Waals surface area contributed by atoms with Crippen LogP contribution in [0.1, 0.15) is 19.8 Å². The van der Waals surface area contributed by atoms with E-state index >= 15 is 0 Å². The number of rotatable bonds is 5. The molecule has 2 nitrogen and oxygen atoms in total. The SMILES string of the molecule is CCC(=O)CC(=O)C(F)(F)C(F)(F)C(F)(F)F.[MgH2]. The van der Waals surface area contributed by atoms with Crippen molar-refractivity contribution in [3.05, 3.63) is 0 Å². The molecule has 0 saturated carbocycles. The highest BCUT2D eigenvalue weighted by Gasteiger charge is 2.75. The average Bonchev–Trinajstić information content (AvgIpc) is 2.15. The number of alkyl halides is 7. The van der Waals surface area contributed by atoms with Gasteiger partial charge in [-0.1, -0.05) is 6.92 Å². The Morgan fingerprint density at radius 1 is 0.944 bits per heavy atom. The average molecular weight is 294 g/mol. The summed E-state index contributed by atoms with van der Waals surface area (Å²) < 4.78 is 84.8. The number of hydrogen-bond donors (Lipinski definition) is 0. The Bertz CT molecular complexity index is 324. The zero-order valence-electron chi connectivity index (χ0n) is 8.38. The third-order valence-corrected chi connectivity index (χ3v) is 1.85. The fraction of sp³-hybridized carbons (Fsp3) is 0.750. The van der Waals surface area contributed by atoms with E-state index in [2.05, 4.69) is 0 Å². The van der Waals surface area contributed by atoms with Crippen molar-refractivity contribution in [1.82, 2.24) is 0 Å². The summed E-state index contributed by atoms with van der Waals surface area (Å²) in [4.78, 5) is 21.1. The zero-order valence-corrected chi connectivity index (χ0v) is 8.38. The first-order valence-corrected chi connectivity index (χ1v) is 4.25. The molecule has 0 amide bonds. The Morgan fingerprint density at radius 2 is 1.33 bits per heavy atom. The van der Waals surface area contributed by atoms with Gasteiger partial charge in [-0.3, -0.25) is 9.59 Å². The second kappa shape index (κ2) is 6.18. The van der Waals surface area contributed by atoms with Crippen molar-refractivity contribution in [3.8, 4) is 0 Å². The van der Waals surface area contributed by atoms with Crippen LogP contribution in [0.4, 0.5) is 30.7 Å². The molecule has 0 atom stereocenters. The molecule has 0 heterocycles. The molecule has 0 aromatic rings. The normalized spacial score (nSPS) is 12.9. The van der Waals surface area contributed by atoms with E-state index in [-0.39, 0.29) is 23.1 Å². The van der Waals surface area contributed by atoms with Gasteiger partial charge in [-0.25, -0.2) is 0 Å². The maximum absolute atomic E-state index is 12.6. The van der Waals surface area contributed by atoms with Crippen molar-refractivity contribution in [2.24, 2.45) is 0 Å². The third kappa shape index (κ3) is 3.80. The van der Waals surface area contributed by atoms with Crippen molar-refractivity contribution in [3.63, 3.8) is 0 Å². The van der Waals surface area contributed by atoms with Gasteiger partial charge in [0, 0.05) is 6.42 Å². The lowest BCUT2D eigenvalue weighted by Gasteiger charge is -2.26. The van der Waals surface area contributed by atoms with Crippen LogP contribution in [0.5, 0.6) is 0 Å². The van der Waals surface area contributed by atoms with Gasteiger partial charge < -0.3 is 0 Å². The minimum Gasteiger partial charge on any atom is -0.299 e. The molecule has 10 heteroatoms. The van der Waals surface area contributed by atoms with Crippen molar-refractivity contribution >= 4 is 34.6 Å². The van der Waals surface area contributed by atoms with Crippen LogP contribution < -0.4 is 0 Å². The van der Waals surface area contributed by atoms with E-state index in [0.29, 0.717) is 0 Å². The summed E-state index contributed by atoms with van der Waals surface area (Å²) >= 11 is 0. The van der Waals surface area contributed by atoms with Gasteiger partial charge in [0.2, 0.25) is 5.78 Å². The number of carbonyl (C=O) groups is 2. The van der Waals surface area contributed by atoms with E-state index in [1.807, 2.05) is 0 Å². The topological polar surface area (TPSA) is 34.1 Å². The molecule has 0 aliphatic carbocycles. The maximum atomic E-state index is 12.6. The summed E-state index contributed by atoms with van der Waals surface area (Å²) in [5, 5.41) is 0. The standard InChI is InChI=1S/C8H7F7O2.Mg.2H/c1-2-4(16)3-5(17)6(9,10)7(11,12)8(13,14)15;;;/h2-3H2,1H3;;;. The van der Waals surface area contributed by atoms with Gasteiger partial charge in [-0.05, 0) is 0 Å². The molecule has 0 unspecified atom stereocenters. The Hall–Kier alpha value is -0.384. The highest BCUT2D eigenvalue weighted by molar-refractivity contribution is 6.02. The van der Waals surface area contributed by atoms with E-state index in [4.69, 9.17) is 0 Å². The van der Waals surface area contributed by atoms with Gasteiger partial charge in [0.1, 0.15) is 5.78 Å². The van der Waals surface area contributed by atoms with Gasteiger partial charge in [-0.15, -0.1) is 0 Å². The smallest absolute Gasteiger partial charge is 0.299 e. The lowest BCUT2D eigenvalue weighted by atomic mass is 10.0. The summed E-state index contributed by atoms with van der Waals surface area (Å²) in [6, 6.07) is 0. The summed E-state index contributed by atoms with van der Waals surface area (Å²) in [7, 11) is 0. The summed E-state index contributed by atoms with van der Waals surface area (Å²) in [5.41, 5.74) is 0. The molecule has 18 heavy (non-hydrogen) atoms. The lowest BCUT2D eigenvalue weighted by Crippen LogP contribution is -2.56. The van der Waals surface area contributed by atoms with Gasteiger partial charge in [0.15, 0.2) is 0 Å². The van der Waals surface area contributed by atoms with Crippen LogP contribution in [0.2, 0.25) is 0 Å². The van der Waals surface area contributed by atoms with E-state index in [0.717, 1.165) is 6.92 Å². The van der Waals surface area contributed by atoms with Crippen molar-refractivity contribution in [1.29, 1.82) is 0 Å². The van der Waals surface area contributed by atoms with E-state index in [9.17, 15) is 40.3 Å². The van der Waals surface area contributed by atoms with Crippen LogP contribution in [-0.4, -0.2) is 52.6 Å². The predicted molar refractivity (Wildman–Crippen MR) is 49.4 cm³/mol. The second-order valence-corrected chi connectivity index (χ2v) is 3.14. The van der Waals surface area contributed by atoms with Gasteiger partial charge >= 0.3 is 41.1 Å². The van der Waals surface area contributed by atoms with Crippen LogP contribution in [0.15, 0.2) is 0 Å². The molecule has 0 fully saturated rings. The Morgan fingerprint density at radius 3 is 1.61 bits per heavy atom. The number of carbonyl (C=O) groups excluding carboxylic acids is 2. The number of hydrogen-bond acceptors (Lipinski definition) is 2. The van der Waals surface area contributed by atoms with Crippen LogP contribution in [-0.2, 0) is 9.59 Å². The first kappa shape index (κ1) is 19.9. The minimum atomic E-state index is -6.57. The van der Waals surface area contributed by atoms with Crippen molar-refractivity contribution < 1.29 is 40.3 Å². The quantitative estimate of drug-likeness (QED) is 0.440. The van der Waals surface area contributed by atoms with Gasteiger partial charge in [0.25, 0.3) is 0 Å². The largest absolute Gasteiger partial charge is 0.460 e. The van der Waals surface area contributed by atoms with Crippen molar-refractivity contribution in [2.75, 3.05) is 0 Å². The molecule has 0 aromatic heterocycles. The Labute approximate surface area is 113 Å². The zero-order chi connectivity index (χ0) is 14.1. The van der Waals surface area contributed by atoms with Gasteiger partial charge in [-0.2, -0.15) is 30.7 Å². The molecule has 0 aliphatic rings. The fourth-order valence-corrected chi connectivity index (χ4v) is 0.768. The molecular weight excluding hydrogens is 285 g/mol. The summed E-state index contributed by atoms with van der Waals surface area (Å²) in [5.74, 6) is -16.3. The third-order valence-electron chi connectivity index (χ3n) is 1.85. The monoisotopic (exact) mass is 294 g/mol. The van der Waals surface area contributed by atoms with Gasteiger partial charge in [0.05, 0.1) is 6.42 Å². The molecule has 0 rings (SSSR count). The van der Waals surface area contributed by atoms with Crippen LogP contribution in [0, 0.1) is 0 Å². The molecule has 0 radical (unpaired) electrons.